The summed E-state index contributed by atoms with van der Waals surface area (Å²) in [6.45, 7) is 2.81. The maximum atomic E-state index is 13.3. The first-order chi connectivity index (χ1) is 17.9. The Morgan fingerprint density at radius 2 is 1.68 bits per heavy atom. The lowest BCUT2D eigenvalue weighted by atomic mass is 10.1. The highest BCUT2D eigenvalue weighted by Gasteiger charge is 2.32. The number of likely N-dealkylation sites (N-methyl/N-ethyl adjacent to an activating group) is 1. The molecule has 4 aromatic carbocycles. The number of hydrogen-bond donors (Lipinski definition) is 0. The van der Waals surface area contributed by atoms with Crippen molar-refractivity contribution in [2.24, 2.45) is 4.99 Å². The normalized spacial score (nSPS) is 15.8. The van der Waals surface area contributed by atoms with Gasteiger partial charge in [-0.1, -0.05) is 36.4 Å². The van der Waals surface area contributed by atoms with Crippen LogP contribution in [0, 0.1) is 5.82 Å². The van der Waals surface area contributed by atoms with E-state index in [4.69, 9.17) is 4.74 Å². The quantitative estimate of drug-likeness (QED) is 0.198. The van der Waals surface area contributed by atoms with E-state index >= 15 is 0 Å². The molecule has 0 saturated carbocycles. The van der Waals surface area contributed by atoms with Gasteiger partial charge in [-0.25, -0.2) is 9.38 Å². The van der Waals surface area contributed by atoms with Crippen LogP contribution >= 0.6 is 43.6 Å². The average Bonchev–Trinajstić information content (AvgIpc) is 3.18. The van der Waals surface area contributed by atoms with Crippen LogP contribution in [-0.2, 0) is 11.4 Å². The first-order valence-corrected chi connectivity index (χ1v) is 14.0. The van der Waals surface area contributed by atoms with Crippen molar-refractivity contribution in [3.8, 4) is 5.75 Å². The van der Waals surface area contributed by atoms with Crippen LogP contribution in [-0.4, -0.2) is 22.5 Å². The number of aliphatic imine (C=N–C) groups is 1. The summed E-state index contributed by atoms with van der Waals surface area (Å²) in [7, 11) is 0. The Morgan fingerprint density at radius 1 is 0.973 bits per heavy atom. The van der Waals surface area contributed by atoms with Crippen LogP contribution in [0.25, 0.3) is 16.8 Å². The van der Waals surface area contributed by atoms with Crippen molar-refractivity contribution in [2.75, 3.05) is 6.54 Å². The Hall–Kier alpha value is -2.94. The van der Waals surface area contributed by atoms with E-state index in [2.05, 4.69) is 67.2 Å². The van der Waals surface area contributed by atoms with Gasteiger partial charge in [-0.05, 0) is 121 Å². The SMILES string of the molecule is CCN1C(=O)/C(=C\c2cc(Br)c(OCc3ccc4ccccc4c3)c(Br)c2)SC1=Nc1ccc(F)cc1. The number of carbonyl (C=O) groups is 1. The summed E-state index contributed by atoms with van der Waals surface area (Å²) in [5.74, 6) is 0.250. The molecule has 1 fully saturated rings. The molecule has 0 radical (unpaired) electrons. The Kier molecular flexibility index (Phi) is 7.79. The predicted octanol–water partition coefficient (Wildman–Crippen LogP) is 8.71. The van der Waals surface area contributed by atoms with Gasteiger partial charge in [0.15, 0.2) is 5.17 Å². The van der Waals surface area contributed by atoms with Crippen molar-refractivity contribution < 1.29 is 13.9 Å². The highest BCUT2D eigenvalue weighted by molar-refractivity contribution is 9.11. The first-order valence-electron chi connectivity index (χ1n) is 11.6. The van der Waals surface area contributed by atoms with Gasteiger partial charge in [0.05, 0.1) is 19.5 Å². The van der Waals surface area contributed by atoms with Crippen LogP contribution in [0.5, 0.6) is 5.75 Å². The van der Waals surface area contributed by atoms with Gasteiger partial charge in [-0.15, -0.1) is 0 Å². The molecular formula is C29H21Br2FN2O2S. The standard InChI is InChI=1S/C29H21Br2FN2O2S/c1-2-34-28(35)26(37-29(34)33-23-11-9-22(32)10-12-23)16-19-14-24(30)27(25(31)15-19)36-17-18-7-8-20-5-3-4-6-21(20)13-18/h3-16H,2,17H2,1H3/b26-16+,33-29?. The van der Waals surface area contributed by atoms with Crippen molar-refractivity contribution >= 4 is 77.2 Å². The third-order valence-corrected chi connectivity index (χ3v) is 7.96. The summed E-state index contributed by atoms with van der Waals surface area (Å²) in [5, 5.41) is 2.93. The smallest absolute Gasteiger partial charge is 0.266 e. The Morgan fingerprint density at radius 3 is 2.38 bits per heavy atom. The number of nitrogens with zero attached hydrogens (tertiary/aromatic N) is 2. The molecule has 0 aliphatic carbocycles. The zero-order valence-electron chi connectivity index (χ0n) is 19.8. The Labute approximate surface area is 235 Å². The molecule has 186 valence electrons. The van der Waals surface area contributed by atoms with Gasteiger partial charge in [-0.2, -0.15) is 0 Å². The number of amides is 1. The predicted molar refractivity (Wildman–Crippen MR) is 157 cm³/mol. The molecule has 1 heterocycles. The van der Waals surface area contributed by atoms with E-state index in [1.165, 1.54) is 34.7 Å². The minimum atomic E-state index is -0.326. The van der Waals surface area contributed by atoms with Crippen molar-refractivity contribution in [1.29, 1.82) is 0 Å². The van der Waals surface area contributed by atoms with E-state index in [0.29, 0.717) is 34.7 Å². The largest absolute Gasteiger partial charge is 0.487 e. The molecule has 0 atom stereocenters. The lowest BCUT2D eigenvalue weighted by Crippen LogP contribution is -2.28. The summed E-state index contributed by atoms with van der Waals surface area (Å²) in [6.07, 6.45) is 1.84. The van der Waals surface area contributed by atoms with Gasteiger partial charge in [0.25, 0.3) is 5.91 Å². The minimum Gasteiger partial charge on any atom is -0.487 e. The van der Waals surface area contributed by atoms with Crippen LogP contribution in [0.3, 0.4) is 0 Å². The molecule has 4 nitrogen and oxygen atoms in total. The molecule has 1 aliphatic rings. The molecule has 0 spiro atoms. The van der Waals surface area contributed by atoms with Crippen molar-refractivity contribution in [3.05, 3.63) is 110 Å². The molecule has 0 N–H and O–H groups in total. The third-order valence-electron chi connectivity index (χ3n) is 5.77. The van der Waals surface area contributed by atoms with E-state index in [0.717, 1.165) is 20.1 Å². The van der Waals surface area contributed by atoms with Crippen LogP contribution in [0.15, 0.2) is 97.7 Å². The van der Waals surface area contributed by atoms with Crippen molar-refractivity contribution in [2.45, 2.75) is 13.5 Å². The molecule has 5 rings (SSSR count). The number of thioether (sulfide) groups is 1. The van der Waals surface area contributed by atoms with Gasteiger partial charge in [0.2, 0.25) is 0 Å². The van der Waals surface area contributed by atoms with Crippen molar-refractivity contribution in [1.82, 2.24) is 4.90 Å². The fourth-order valence-corrected chi connectivity index (χ4v) is 6.45. The van der Waals surface area contributed by atoms with Gasteiger partial charge >= 0.3 is 0 Å². The monoisotopic (exact) mass is 638 g/mol. The summed E-state index contributed by atoms with van der Waals surface area (Å²) in [5.41, 5.74) is 2.51. The van der Waals surface area contributed by atoms with Crippen LogP contribution in [0.2, 0.25) is 0 Å². The number of hydrogen-bond acceptors (Lipinski definition) is 4. The fourth-order valence-electron chi connectivity index (χ4n) is 3.93. The number of halogens is 3. The van der Waals surface area contributed by atoms with E-state index in [1.54, 1.807) is 17.0 Å². The minimum absolute atomic E-state index is 0.114. The maximum Gasteiger partial charge on any atom is 0.266 e. The molecular weight excluding hydrogens is 619 g/mol. The molecule has 0 bridgehead atoms. The van der Waals surface area contributed by atoms with Crippen LogP contribution in [0.1, 0.15) is 18.1 Å². The number of fused-ring (bicyclic) bond motifs is 1. The van der Waals surface area contributed by atoms with Crippen molar-refractivity contribution in [3.63, 3.8) is 0 Å². The van der Waals surface area contributed by atoms with E-state index in [1.807, 2.05) is 37.3 Å². The zero-order chi connectivity index (χ0) is 25.9. The topological polar surface area (TPSA) is 41.9 Å². The van der Waals surface area contributed by atoms with E-state index in [-0.39, 0.29) is 11.7 Å². The third kappa shape index (κ3) is 5.81. The second-order valence-corrected chi connectivity index (χ2v) is 11.0. The molecule has 1 aliphatic heterocycles. The lowest BCUT2D eigenvalue weighted by molar-refractivity contribution is -0.122. The fraction of sp³-hybridized carbons (Fsp3) is 0.103. The van der Waals surface area contributed by atoms with E-state index in [9.17, 15) is 9.18 Å². The van der Waals surface area contributed by atoms with Gasteiger partial charge < -0.3 is 4.74 Å². The molecule has 4 aromatic rings. The number of benzene rings is 4. The van der Waals surface area contributed by atoms with Gasteiger partial charge in [0.1, 0.15) is 18.2 Å². The summed E-state index contributed by atoms with van der Waals surface area (Å²) in [4.78, 5) is 19.8. The summed E-state index contributed by atoms with van der Waals surface area (Å²) < 4.78 is 20.9. The van der Waals surface area contributed by atoms with Crippen LogP contribution in [0.4, 0.5) is 10.1 Å². The Bertz CT molecular complexity index is 1530. The second kappa shape index (κ2) is 11.2. The highest BCUT2D eigenvalue weighted by Crippen LogP contribution is 2.38. The second-order valence-electron chi connectivity index (χ2n) is 8.31. The number of ether oxygens (including phenoxy) is 1. The molecule has 0 unspecified atom stereocenters. The highest BCUT2D eigenvalue weighted by atomic mass is 79.9. The lowest BCUT2D eigenvalue weighted by Gasteiger charge is -2.12. The summed E-state index contributed by atoms with van der Waals surface area (Å²) in [6, 6.07) is 24.3. The number of amidine groups is 1. The molecule has 8 heteroatoms. The maximum absolute atomic E-state index is 13.3. The molecule has 1 saturated heterocycles. The number of carbonyl (C=O) groups excluding carboxylic acids is 1. The van der Waals surface area contributed by atoms with E-state index < -0.39 is 0 Å². The van der Waals surface area contributed by atoms with Gasteiger partial charge in [-0.3, -0.25) is 9.69 Å². The molecule has 37 heavy (non-hydrogen) atoms. The zero-order valence-corrected chi connectivity index (χ0v) is 23.7. The Balaban J connectivity index is 1.35. The first kappa shape index (κ1) is 25.7. The molecule has 0 aromatic heterocycles. The number of rotatable bonds is 6. The summed E-state index contributed by atoms with van der Waals surface area (Å²) >= 11 is 8.55. The molecule has 1 amide bonds. The van der Waals surface area contributed by atoms with Gasteiger partial charge in [0, 0.05) is 6.54 Å². The van der Waals surface area contributed by atoms with Crippen LogP contribution < -0.4 is 4.74 Å². The average molecular weight is 640 g/mol.